The van der Waals surface area contributed by atoms with Gasteiger partial charge in [-0.25, -0.2) is 27.5 Å². The number of hydrogen-bond donors (Lipinski definition) is 2. The highest BCUT2D eigenvalue weighted by atomic mass is 19.4. The largest absolute Gasteiger partial charge is 0.392 e. The zero-order valence-electron chi connectivity index (χ0n) is 22.7. The summed E-state index contributed by atoms with van der Waals surface area (Å²) in [6.45, 7) is -0.0718. The molecule has 6 rings (SSSR count). The van der Waals surface area contributed by atoms with Crippen LogP contribution in [0.15, 0.2) is 18.5 Å². The van der Waals surface area contributed by atoms with Crippen LogP contribution in [0.3, 0.4) is 0 Å². The molecule has 2 aromatic rings. The molecule has 14 heteroatoms. The second-order valence-corrected chi connectivity index (χ2v) is 12.7. The standard InChI is InChI=1S/C28H32F7N5O2/c29-26(30)6-4-25(5-7-26,14-37-22(41)18-9-19(18)28(33,34)35)20-13-40-8-3-17(38-24(40)39-20)12-36-23(42)21(15-1-2-15)16-10-27(31,32)11-16/h3,8,13,15-16,18-19,21H,1-2,4-7,9-12,14H2,(H,36,42)(H,37,41)/t18-,19-,21-/m1/s1. The van der Waals surface area contributed by atoms with E-state index < -0.39 is 59.9 Å². The molecule has 7 nitrogen and oxygen atoms in total. The minimum atomic E-state index is -4.46. The zero-order valence-corrected chi connectivity index (χ0v) is 22.7. The van der Waals surface area contributed by atoms with Crippen LogP contribution in [0.1, 0.15) is 69.2 Å². The Morgan fingerprint density at radius 1 is 0.976 bits per heavy atom. The van der Waals surface area contributed by atoms with Crippen LogP contribution in [0.25, 0.3) is 5.78 Å². The first-order chi connectivity index (χ1) is 19.6. The van der Waals surface area contributed by atoms with Gasteiger partial charge in [-0.05, 0) is 50.0 Å². The van der Waals surface area contributed by atoms with E-state index in [2.05, 4.69) is 20.6 Å². The van der Waals surface area contributed by atoms with Crippen LogP contribution in [0.5, 0.6) is 0 Å². The van der Waals surface area contributed by atoms with E-state index in [0.717, 1.165) is 12.8 Å². The Morgan fingerprint density at radius 3 is 2.26 bits per heavy atom. The first kappa shape index (κ1) is 29.2. The maximum Gasteiger partial charge on any atom is 0.392 e. The van der Waals surface area contributed by atoms with Gasteiger partial charge in [0.2, 0.25) is 29.4 Å². The van der Waals surface area contributed by atoms with Crippen molar-refractivity contribution in [1.29, 1.82) is 0 Å². The van der Waals surface area contributed by atoms with Crippen molar-refractivity contribution >= 4 is 17.6 Å². The Morgan fingerprint density at radius 2 is 1.67 bits per heavy atom. The summed E-state index contributed by atoms with van der Waals surface area (Å²) in [6, 6.07) is 1.65. The monoisotopic (exact) mass is 603 g/mol. The zero-order chi connectivity index (χ0) is 30.1. The summed E-state index contributed by atoms with van der Waals surface area (Å²) >= 11 is 0. The Hall–Kier alpha value is -2.93. The third kappa shape index (κ3) is 5.95. The first-order valence-corrected chi connectivity index (χ1v) is 14.4. The molecule has 2 heterocycles. The predicted octanol–water partition coefficient (Wildman–Crippen LogP) is 5.18. The third-order valence-electron chi connectivity index (χ3n) is 9.52. The van der Waals surface area contributed by atoms with Crippen molar-refractivity contribution in [3.63, 3.8) is 0 Å². The summed E-state index contributed by atoms with van der Waals surface area (Å²) in [7, 11) is 0. The van der Waals surface area contributed by atoms with Crippen LogP contribution in [0.4, 0.5) is 30.7 Å². The van der Waals surface area contributed by atoms with Gasteiger partial charge in [-0.1, -0.05) is 0 Å². The van der Waals surface area contributed by atoms with E-state index in [1.807, 2.05) is 0 Å². The van der Waals surface area contributed by atoms with Gasteiger partial charge in [0.1, 0.15) is 0 Å². The molecule has 0 unspecified atom stereocenters. The van der Waals surface area contributed by atoms with Crippen molar-refractivity contribution in [2.24, 2.45) is 29.6 Å². The molecule has 0 bridgehead atoms. The highest BCUT2D eigenvalue weighted by Gasteiger charge is 2.59. The van der Waals surface area contributed by atoms with Crippen molar-refractivity contribution < 1.29 is 40.3 Å². The van der Waals surface area contributed by atoms with Crippen molar-refractivity contribution in [2.45, 2.75) is 87.8 Å². The van der Waals surface area contributed by atoms with E-state index in [9.17, 15) is 40.3 Å². The van der Waals surface area contributed by atoms with E-state index in [4.69, 9.17) is 0 Å². The summed E-state index contributed by atoms with van der Waals surface area (Å²) in [5.74, 6) is -9.90. The van der Waals surface area contributed by atoms with Crippen LogP contribution in [0.2, 0.25) is 0 Å². The molecular weight excluding hydrogens is 571 g/mol. The number of carbonyl (C=O) groups excluding carboxylic acids is 2. The molecule has 4 aliphatic rings. The van der Waals surface area contributed by atoms with Gasteiger partial charge in [-0.2, -0.15) is 13.2 Å². The molecule has 0 aromatic carbocycles. The molecule has 2 aromatic heterocycles. The number of amides is 2. The number of halogens is 7. The molecule has 0 radical (unpaired) electrons. The van der Waals surface area contributed by atoms with E-state index in [0.29, 0.717) is 11.4 Å². The highest BCUT2D eigenvalue weighted by molar-refractivity contribution is 5.82. The smallest absolute Gasteiger partial charge is 0.355 e. The van der Waals surface area contributed by atoms with Gasteiger partial charge in [0.25, 0.3) is 0 Å². The molecule has 4 aliphatic carbocycles. The summed E-state index contributed by atoms with van der Waals surface area (Å²) in [5.41, 5.74) is -0.148. The number of imidazole rings is 1. The van der Waals surface area contributed by atoms with Gasteiger partial charge in [0.05, 0.1) is 29.8 Å². The first-order valence-electron chi connectivity index (χ1n) is 14.4. The average molecular weight is 604 g/mol. The lowest BCUT2D eigenvalue weighted by molar-refractivity contribution is -0.155. The maximum atomic E-state index is 14.1. The van der Waals surface area contributed by atoms with Crippen molar-refractivity contribution in [2.75, 3.05) is 6.54 Å². The molecule has 4 saturated carbocycles. The number of hydrogen-bond acceptors (Lipinski definition) is 4. The fourth-order valence-electron chi connectivity index (χ4n) is 6.64. The molecule has 230 valence electrons. The van der Waals surface area contributed by atoms with Gasteiger partial charge >= 0.3 is 6.18 Å². The molecule has 3 atom stereocenters. The maximum absolute atomic E-state index is 14.1. The number of carbonyl (C=O) groups is 2. The number of rotatable bonds is 9. The van der Waals surface area contributed by atoms with E-state index in [1.165, 1.54) is 0 Å². The summed E-state index contributed by atoms with van der Waals surface area (Å²) < 4.78 is 95.5. The predicted molar refractivity (Wildman–Crippen MR) is 134 cm³/mol. The summed E-state index contributed by atoms with van der Waals surface area (Å²) in [6.07, 6.45) is -1.29. The van der Waals surface area contributed by atoms with Crippen molar-refractivity contribution in [3.05, 3.63) is 29.8 Å². The van der Waals surface area contributed by atoms with Crippen LogP contribution in [-0.2, 0) is 21.5 Å². The molecule has 42 heavy (non-hydrogen) atoms. The lowest BCUT2D eigenvalue weighted by Crippen LogP contribution is -2.46. The Kier molecular flexibility index (Phi) is 6.99. The molecule has 0 spiro atoms. The number of fused-ring (bicyclic) bond motifs is 1. The minimum absolute atomic E-state index is 0.0246. The van der Waals surface area contributed by atoms with Gasteiger partial charge in [-0.3, -0.25) is 14.0 Å². The highest BCUT2D eigenvalue weighted by Crippen LogP contribution is 2.53. The van der Waals surface area contributed by atoms with Crippen molar-refractivity contribution in [3.8, 4) is 0 Å². The second kappa shape index (κ2) is 10.1. The summed E-state index contributed by atoms with van der Waals surface area (Å²) in [4.78, 5) is 34.4. The van der Waals surface area contributed by atoms with Crippen LogP contribution in [-0.4, -0.2) is 50.7 Å². The number of nitrogens with zero attached hydrogens (tertiary/aromatic N) is 3. The van der Waals surface area contributed by atoms with Gasteiger partial charge in [0, 0.05) is 56.0 Å². The van der Waals surface area contributed by atoms with E-state index >= 15 is 0 Å². The van der Waals surface area contributed by atoms with Gasteiger partial charge in [0.15, 0.2) is 0 Å². The van der Waals surface area contributed by atoms with Gasteiger partial charge < -0.3 is 10.6 Å². The van der Waals surface area contributed by atoms with Crippen LogP contribution in [0, 0.1) is 29.6 Å². The minimum Gasteiger partial charge on any atom is -0.355 e. The number of aromatic nitrogens is 3. The van der Waals surface area contributed by atoms with Crippen LogP contribution < -0.4 is 10.6 Å². The van der Waals surface area contributed by atoms with Gasteiger partial charge in [-0.15, -0.1) is 0 Å². The number of nitrogens with one attached hydrogen (secondary N) is 2. The Balaban J connectivity index is 1.14. The SMILES string of the molecule is O=C(NCc1ccn2cc(C3(CNC(=O)[C@@H]4C[C@H]4C(F)(F)F)CCC(F)(F)CC3)nc2n1)[C@H](C1CC1)C1CC(F)(F)C1. The lowest BCUT2D eigenvalue weighted by atomic mass is 9.70. The van der Waals surface area contributed by atoms with E-state index in [1.54, 1.807) is 22.9 Å². The average Bonchev–Trinajstić information content (AvgIpc) is 3.82. The second-order valence-electron chi connectivity index (χ2n) is 12.7. The topological polar surface area (TPSA) is 88.4 Å². The molecular formula is C28H32F7N5O2. The third-order valence-corrected chi connectivity index (χ3v) is 9.52. The molecule has 0 saturated heterocycles. The molecule has 4 fully saturated rings. The normalized spacial score (nSPS) is 27.2. The quantitative estimate of drug-likeness (QED) is 0.387. The number of alkyl halides is 7. The lowest BCUT2D eigenvalue weighted by Gasteiger charge is -2.39. The fraction of sp³-hybridized carbons (Fsp3) is 0.714. The molecule has 0 aliphatic heterocycles. The molecule has 2 amide bonds. The fourth-order valence-corrected chi connectivity index (χ4v) is 6.64. The van der Waals surface area contributed by atoms with E-state index in [-0.39, 0.29) is 68.7 Å². The summed E-state index contributed by atoms with van der Waals surface area (Å²) in [5, 5.41) is 5.39. The van der Waals surface area contributed by atoms with Crippen LogP contribution >= 0.6 is 0 Å². The Bertz CT molecular complexity index is 1350. The van der Waals surface area contributed by atoms with Crippen molar-refractivity contribution in [1.82, 2.24) is 25.0 Å². The Labute approximate surface area is 237 Å². The molecule has 2 N–H and O–H groups in total.